The molecule has 0 unspecified atom stereocenters. The molecule has 0 atom stereocenters. The molecule has 0 aliphatic carbocycles. The molecule has 0 aliphatic rings. The van der Waals surface area contributed by atoms with Crippen molar-refractivity contribution < 1.29 is 0 Å². The number of aromatic nitrogens is 3. The van der Waals surface area contributed by atoms with Crippen molar-refractivity contribution in [2.75, 3.05) is 0 Å². The van der Waals surface area contributed by atoms with E-state index in [1.807, 2.05) is 25.1 Å². The first-order valence-corrected chi connectivity index (χ1v) is 5.95. The second-order valence-corrected chi connectivity index (χ2v) is 4.12. The fourth-order valence-corrected chi connectivity index (χ4v) is 1.93. The number of hydrogen-bond acceptors (Lipinski definition) is 2. The van der Waals surface area contributed by atoms with Gasteiger partial charge in [0.1, 0.15) is 0 Å². The molecular formula is C10H9BrClN3. The highest BCUT2D eigenvalue weighted by Crippen LogP contribution is 2.24. The highest BCUT2D eigenvalue weighted by Gasteiger charge is 2.09. The van der Waals surface area contributed by atoms with Gasteiger partial charge in [-0.25, -0.2) is 4.68 Å². The van der Waals surface area contributed by atoms with E-state index in [-0.39, 0.29) is 0 Å². The van der Waals surface area contributed by atoms with Gasteiger partial charge >= 0.3 is 0 Å². The van der Waals surface area contributed by atoms with Crippen LogP contribution in [0.4, 0.5) is 0 Å². The van der Waals surface area contributed by atoms with Crippen LogP contribution in [0, 0.1) is 6.92 Å². The lowest BCUT2D eigenvalue weighted by Crippen LogP contribution is -2.02. The van der Waals surface area contributed by atoms with Gasteiger partial charge in [-0.2, -0.15) is 0 Å². The van der Waals surface area contributed by atoms with Crippen LogP contribution in [0.3, 0.4) is 0 Å². The molecule has 1 heterocycles. The Labute approximate surface area is 101 Å². The normalized spacial score (nSPS) is 10.6. The lowest BCUT2D eigenvalue weighted by molar-refractivity contribution is 0.782. The smallest absolute Gasteiger partial charge is 0.0855 e. The third-order valence-corrected chi connectivity index (χ3v) is 3.22. The van der Waals surface area contributed by atoms with Crippen LogP contribution in [0.2, 0.25) is 5.02 Å². The van der Waals surface area contributed by atoms with Gasteiger partial charge in [-0.15, -0.1) is 5.10 Å². The summed E-state index contributed by atoms with van der Waals surface area (Å²) in [4.78, 5) is 0. The van der Waals surface area contributed by atoms with Gasteiger partial charge in [0.2, 0.25) is 0 Å². The van der Waals surface area contributed by atoms with Crippen molar-refractivity contribution in [2.24, 2.45) is 0 Å². The van der Waals surface area contributed by atoms with Gasteiger partial charge in [-0.1, -0.05) is 44.9 Å². The Balaban J connectivity index is 2.59. The van der Waals surface area contributed by atoms with Crippen molar-refractivity contribution in [2.45, 2.75) is 12.3 Å². The topological polar surface area (TPSA) is 30.7 Å². The number of rotatable bonds is 2. The summed E-state index contributed by atoms with van der Waals surface area (Å²) in [6.45, 7) is 1.97. The SMILES string of the molecule is Cc1cccc(-n2nncc2CBr)c1Cl. The molecule has 0 aliphatic heterocycles. The molecule has 2 aromatic rings. The third kappa shape index (κ3) is 1.92. The molecule has 1 aromatic heterocycles. The number of nitrogens with zero attached hydrogens (tertiary/aromatic N) is 3. The molecule has 0 saturated carbocycles. The number of alkyl halides is 1. The molecule has 0 radical (unpaired) electrons. The minimum atomic E-state index is 0.699. The van der Waals surface area contributed by atoms with E-state index in [0.717, 1.165) is 16.9 Å². The fraction of sp³-hybridized carbons (Fsp3) is 0.200. The summed E-state index contributed by atoms with van der Waals surface area (Å²) in [5, 5.41) is 9.29. The summed E-state index contributed by atoms with van der Waals surface area (Å²) >= 11 is 9.59. The molecule has 3 nitrogen and oxygen atoms in total. The molecule has 1 aromatic carbocycles. The summed E-state index contributed by atoms with van der Waals surface area (Å²) in [5.41, 5.74) is 2.87. The summed E-state index contributed by atoms with van der Waals surface area (Å²) in [7, 11) is 0. The zero-order valence-electron chi connectivity index (χ0n) is 8.11. The van der Waals surface area contributed by atoms with Crippen LogP contribution >= 0.6 is 27.5 Å². The van der Waals surface area contributed by atoms with E-state index >= 15 is 0 Å². The Kier molecular flexibility index (Phi) is 3.07. The molecule has 15 heavy (non-hydrogen) atoms. The number of hydrogen-bond donors (Lipinski definition) is 0. The van der Waals surface area contributed by atoms with Gasteiger partial charge in [0.05, 0.1) is 22.6 Å². The minimum Gasteiger partial charge on any atom is -0.215 e. The predicted molar refractivity (Wildman–Crippen MR) is 63.7 cm³/mol. The first-order chi connectivity index (χ1) is 7.24. The molecule has 2 rings (SSSR count). The number of halogens is 2. The average molecular weight is 287 g/mol. The summed E-state index contributed by atoms with van der Waals surface area (Å²) in [6, 6.07) is 5.85. The number of benzene rings is 1. The van der Waals surface area contributed by atoms with Crippen molar-refractivity contribution in [3.63, 3.8) is 0 Å². The van der Waals surface area contributed by atoms with E-state index in [4.69, 9.17) is 11.6 Å². The standard InChI is InChI=1S/C10H9BrClN3/c1-7-3-2-4-9(10(7)12)15-8(5-11)6-13-14-15/h2-4,6H,5H2,1H3. The van der Waals surface area contributed by atoms with Crippen LogP contribution in [0.5, 0.6) is 0 Å². The molecule has 0 N–H and O–H groups in total. The maximum atomic E-state index is 6.21. The highest BCUT2D eigenvalue weighted by molar-refractivity contribution is 9.08. The van der Waals surface area contributed by atoms with Crippen LogP contribution in [0.15, 0.2) is 24.4 Å². The second kappa shape index (κ2) is 4.33. The van der Waals surface area contributed by atoms with Crippen molar-refractivity contribution >= 4 is 27.5 Å². The van der Waals surface area contributed by atoms with Crippen LogP contribution in [-0.2, 0) is 5.33 Å². The van der Waals surface area contributed by atoms with Crippen molar-refractivity contribution in [3.8, 4) is 5.69 Å². The Morgan fingerprint density at radius 1 is 1.47 bits per heavy atom. The van der Waals surface area contributed by atoms with Crippen LogP contribution in [0.25, 0.3) is 5.69 Å². The third-order valence-electron chi connectivity index (χ3n) is 2.16. The molecule has 0 fully saturated rings. The monoisotopic (exact) mass is 285 g/mol. The zero-order chi connectivity index (χ0) is 10.8. The Morgan fingerprint density at radius 2 is 2.27 bits per heavy atom. The predicted octanol–water partition coefficient (Wildman–Crippen LogP) is 3.12. The van der Waals surface area contributed by atoms with Crippen LogP contribution < -0.4 is 0 Å². The average Bonchev–Trinajstić information content (AvgIpc) is 2.70. The summed E-state index contributed by atoms with van der Waals surface area (Å²) < 4.78 is 1.74. The van der Waals surface area contributed by atoms with Gasteiger partial charge < -0.3 is 0 Å². The second-order valence-electron chi connectivity index (χ2n) is 3.18. The molecule has 0 saturated heterocycles. The van der Waals surface area contributed by atoms with Crippen molar-refractivity contribution in [3.05, 3.63) is 40.7 Å². The van der Waals surface area contributed by atoms with E-state index in [9.17, 15) is 0 Å². The van der Waals surface area contributed by atoms with Gasteiger partial charge in [-0.05, 0) is 18.6 Å². The van der Waals surface area contributed by atoms with Crippen LogP contribution in [-0.4, -0.2) is 15.0 Å². The molecular weight excluding hydrogens is 277 g/mol. The van der Waals surface area contributed by atoms with Crippen molar-refractivity contribution in [1.29, 1.82) is 0 Å². The van der Waals surface area contributed by atoms with E-state index in [1.165, 1.54) is 0 Å². The van der Waals surface area contributed by atoms with E-state index in [1.54, 1.807) is 10.9 Å². The first-order valence-electron chi connectivity index (χ1n) is 4.45. The lowest BCUT2D eigenvalue weighted by Gasteiger charge is -2.07. The van der Waals surface area contributed by atoms with Crippen molar-refractivity contribution in [1.82, 2.24) is 15.0 Å². The highest BCUT2D eigenvalue weighted by atomic mass is 79.9. The Bertz CT molecular complexity index is 481. The Morgan fingerprint density at radius 3 is 3.00 bits per heavy atom. The summed E-state index contributed by atoms with van der Waals surface area (Å²) in [5.74, 6) is 0. The van der Waals surface area contributed by atoms with Gasteiger partial charge in [0.15, 0.2) is 0 Å². The maximum absolute atomic E-state index is 6.21. The van der Waals surface area contributed by atoms with Crippen LogP contribution in [0.1, 0.15) is 11.3 Å². The van der Waals surface area contributed by atoms with E-state index < -0.39 is 0 Å². The van der Waals surface area contributed by atoms with Gasteiger partial charge in [0, 0.05) is 5.33 Å². The maximum Gasteiger partial charge on any atom is 0.0855 e. The van der Waals surface area contributed by atoms with Gasteiger partial charge in [0.25, 0.3) is 0 Å². The quantitative estimate of drug-likeness (QED) is 0.794. The molecule has 5 heteroatoms. The lowest BCUT2D eigenvalue weighted by atomic mass is 10.2. The Hall–Kier alpha value is -0.870. The largest absolute Gasteiger partial charge is 0.215 e. The molecule has 0 bridgehead atoms. The molecule has 0 spiro atoms. The molecule has 78 valence electrons. The fourth-order valence-electron chi connectivity index (χ4n) is 1.35. The minimum absolute atomic E-state index is 0.699. The first kappa shape index (κ1) is 10.6. The number of aryl methyl sites for hydroxylation is 1. The zero-order valence-corrected chi connectivity index (χ0v) is 10.5. The van der Waals surface area contributed by atoms with E-state index in [2.05, 4.69) is 26.2 Å². The molecule has 0 amide bonds. The van der Waals surface area contributed by atoms with Gasteiger partial charge in [-0.3, -0.25) is 0 Å². The summed E-state index contributed by atoms with van der Waals surface area (Å²) in [6.07, 6.45) is 1.72. The van der Waals surface area contributed by atoms with E-state index in [0.29, 0.717) is 10.4 Å².